The van der Waals surface area contributed by atoms with Crippen LogP contribution in [0.1, 0.15) is 19.8 Å². The lowest BCUT2D eigenvalue weighted by Gasteiger charge is -2.40. The molecule has 0 bridgehead atoms. The van der Waals surface area contributed by atoms with Crippen molar-refractivity contribution in [3.8, 4) is 0 Å². The van der Waals surface area contributed by atoms with Crippen LogP contribution in [-0.2, 0) is 9.47 Å². The maximum absolute atomic E-state index is 8.47. The summed E-state index contributed by atoms with van der Waals surface area (Å²) in [6, 6.07) is 0. The summed E-state index contributed by atoms with van der Waals surface area (Å²) in [7, 11) is 0. The van der Waals surface area contributed by atoms with Gasteiger partial charge in [0.2, 0.25) is 0 Å². The minimum atomic E-state index is 0.298. The molecule has 0 saturated carbocycles. The van der Waals surface area contributed by atoms with Gasteiger partial charge in [0.15, 0.2) is 0 Å². The third-order valence-corrected chi connectivity index (χ3v) is 2.97. The second-order valence-electron chi connectivity index (χ2n) is 3.59. The predicted octanol–water partition coefficient (Wildman–Crippen LogP) is 2.03. The number of ether oxygens (including phenoxy) is 2. The molecular weight excluding hydrogens is 188 g/mol. The van der Waals surface area contributed by atoms with Gasteiger partial charge in [0, 0.05) is 17.8 Å². The summed E-state index contributed by atoms with van der Waals surface area (Å²) in [5.74, 6) is 0.760. The van der Waals surface area contributed by atoms with E-state index in [0.29, 0.717) is 5.41 Å². The molecule has 13 heavy (non-hydrogen) atoms. The standard InChI is InChI=1S/C9H18O3S/c1-2-9(7-12-8-9)6-11-4-3-5-13-10/h10H,2-8H2,1H3. The van der Waals surface area contributed by atoms with Gasteiger partial charge < -0.3 is 14.0 Å². The van der Waals surface area contributed by atoms with Gasteiger partial charge in [-0.25, -0.2) is 0 Å². The molecule has 1 aliphatic heterocycles. The van der Waals surface area contributed by atoms with Crippen molar-refractivity contribution >= 4 is 12.0 Å². The zero-order chi connectivity index (χ0) is 9.57. The molecular formula is C9H18O3S. The quantitative estimate of drug-likeness (QED) is 0.511. The van der Waals surface area contributed by atoms with Gasteiger partial charge in [0.05, 0.1) is 19.8 Å². The van der Waals surface area contributed by atoms with Gasteiger partial charge in [-0.05, 0) is 24.9 Å². The molecule has 0 unspecified atom stereocenters. The molecule has 78 valence electrons. The lowest BCUT2D eigenvalue weighted by atomic mass is 9.84. The zero-order valence-electron chi connectivity index (χ0n) is 8.12. The monoisotopic (exact) mass is 206 g/mol. The van der Waals surface area contributed by atoms with Crippen LogP contribution < -0.4 is 0 Å². The topological polar surface area (TPSA) is 38.7 Å². The molecule has 1 saturated heterocycles. The van der Waals surface area contributed by atoms with Crippen molar-refractivity contribution in [3.05, 3.63) is 0 Å². The molecule has 1 rings (SSSR count). The summed E-state index contributed by atoms with van der Waals surface area (Å²) < 4.78 is 19.2. The van der Waals surface area contributed by atoms with E-state index in [1.807, 2.05) is 0 Å². The van der Waals surface area contributed by atoms with Crippen molar-refractivity contribution in [1.82, 2.24) is 0 Å². The highest BCUT2D eigenvalue weighted by Crippen LogP contribution is 2.31. The third-order valence-electron chi connectivity index (χ3n) is 2.50. The van der Waals surface area contributed by atoms with Crippen LogP contribution in [0.4, 0.5) is 0 Å². The van der Waals surface area contributed by atoms with E-state index in [0.717, 1.165) is 57.1 Å². The molecule has 0 aromatic rings. The van der Waals surface area contributed by atoms with E-state index in [1.165, 1.54) is 0 Å². The normalized spacial score (nSPS) is 19.8. The highest BCUT2D eigenvalue weighted by Gasteiger charge is 2.36. The summed E-state index contributed by atoms with van der Waals surface area (Å²) in [4.78, 5) is 0. The van der Waals surface area contributed by atoms with Crippen LogP contribution in [0.25, 0.3) is 0 Å². The van der Waals surface area contributed by atoms with Crippen LogP contribution in [0, 0.1) is 5.41 Å². The fourth-order valence-corrected chi connectivity index (χ4v) is 1.54. The summed E-state index contributed by atoms with van der Waals surface area (Å²) in [6.07, 6.45) is 2.05. The van der Waals surface area contributed by atoms with E-state index in [1.54, 1.807) is 0 Å². The molecule has 1 N–H and O–H groups in total. The van der Waals surface area contributed by atoms with Crippen molar-refractivity contribution in [1.29, 1.82) is 0 Å². The Hall–Kier alpha value is 0.230. The van der Waals surface area contributed by atoms with Crippen LogP contribution in [0.2, 0.25) is 0 Å². The molecule has 0 radical (unpaired) electrons. The SMILES string of the molecule is CCC1(COCCCSO)COC1. The van der Waals surface area contributed by atoms with Gasteiger partial charge in [0.1, 0.15) is 0 Å². The Balaban J connectivity index is 1.98. The molecule has 0 spiro atoms. The predicted molar refractivity (Wildman–Crippen MR) is 54.1 cm³/mol. The molecule has 4 heteroatoms. The summed E-state index contributed by atoms with van der Waals surface area (Å²) >= 11 is 0.880. The third kappa shape index (κ3) is 3.46. The highest BCUT2D eigenvalue weighted by atomic mass is 32.2. The van der Waals surface area contributed by atoms with E-state index >= 15 is 0 Å². The Morgan fingerprint density at radius 3 is 2.77 bits per heavy atom. The van der Waals surface area contributed by atoms with Crippen LogP contribution in [0.15, 0.2) is 0 Å². The summed E-state index contributed by atoms with van der Waals surface area (Å²) in [5, 5.41) is 0. The average Bonchev–Trinajstić information content (AvgIpc) is 2.09. The van der Waals surface area contributed by atoms with Gasteiger partial charge in [-0.2, -0.15) is 0 Å². The average molecular weight is 206 g/mol. The number of hydrogen-bond acceptors (Lipinski definition) is 4. The molecule has 3 nitrogen and oxygen atoms in total. The Morgan fingerprint density at radius 1 is 1.54 bits per heavy atom. The first-order chi connectivity index (χ1) is 6.33. The van der Waals surface area contributed by atoms with Crippen molar-refractivity contribution in [2.24, 2.45) is 5.41 Å². The van der Waals surface area contributed by atoms with Gasteiger partial charge >= 0.3 is 0 Å². The molecule has 0 aromatic heterocycles. The first kappa shape index (κ1) is 11.3. The van der Waals surface area contributed by atoms with E-state index < -0.39 is 0 Å². The maximum Gasteiger partial charge on any atom is 0.0566 e. The highest BCUT2D eigenvalue weighted by molar-refractivity contribution is 7.93. The fraction of sp³-hybridized carbons (Fsp3) is 1.00. The fourth-order valence-electron chi connectivity index (χ4n) is 1.29. The Kier molecular flexibility index (Phi) is 5.09. The van der Waals surface area contributed by atoms with Crippen molar-refractivity contribution < 1.29 is 14.0 Å². The summed E-state index contributed by atoms with van der Waals surface area (Å²) in [6.45, 7) is 5.42. The molecule has 0 amide bonds. The van der Waals surface area contributed by atoms with E-state index in [-0.39, 0.29) is 0 Å². The Morgan fingerprint density at radius 2 is 2.31 bits per heavy atom. The first-order valence-electron chi connectivity index (χ1n) is 4.75. The molecule has 0 aromatic carbocycles. The molecule has 1 fully saturated rings. The van der Waals surface area contributed by atoms with Crippen LogP contribution >= 0.6 is 12.0 Å². The minimum absolute atomic E-state index is 0.298. The molecule has 0 aliphatic carbocycles. The first-order valence-corrected chi connectivity index (χ1v) is 5.69. The smallest absolute Gasteiger partial charge is 0.0566 e. The number of rotatable bonds is 7. The largest absolute Gasteiger partial charge is 0.381 e. The lowest BCUT2D eigenvalue weighted by Crippen LogP contribution is -2.45. The van der Waals surface area contributed by atoms with Crippen LogP contribution in [0.3, 0.4) is 0 Å². The van der Waals surface area contributed by atoms with Crippen LogP contribution in [-0.4, -0.2) is 36.7 Å². The zero-order valence-corrected chi connectivity index (χ0v) is 8.94. The second kappa shape index (κ2) is 5.86. The van der Waals surface area contributed by atoms with E-state index in [4.69, 9.17) is 14.0 Å². The molecule has 1 aliphatic rings. The van der Waals surface area contributed by atoms with Crippen molar-refractivity contribution in [2.75, 3.05) is 32.2 Å². The van der Waals surface area contributed by atoms with Crippen molar-refractivity contribution in [3.63, 3.8) is 0 Å². The number of hydrogen-bond donors (Lipinski definition) is 1. The van der Waals surface area contributed by atoms with Gasteiger partial charge in [-0.1, -0.05) is 6.92 Å². The molecule has 1 heterocycles. The van der Waals surface area contributed by atoms with E-state index in [9.17, 15) is 0 Å². The Bertz CT molecular complexity index is 131. The Labute approximate surface area is 84.0 Å². The molecule has 0 atom stereocenters. The van der Waals surface area contributed by atoms with E-state index in [2.05, 4.69) is 6.92 Å². The summed E-state index contributed by atoms with van der Waals surface area (Å²) in [5.41, 5.74) is 0.298. The second-order valence-corrected chi connectivity index (χ2v) is 4.25. The lowest BCUT2D eigenvalue weighted by molar-refractivity contribution is -0.150. The van der Waals surface area contributed by atoms with Crippen LogP contribution in [0.5, 0.6) is 0 Å². The van der Waals surface area contributed by atoms with Gasteiger partial charge in [0.25, 0.3) is 0 Å². The minimum Gasteiger partial charge on any atom is -0.381 e. The van der Waals surface area contributed by atoms with Gasteiger partial charge in [-0.3, -0.25) is 0 Å². The maximum atomic E-state index is 8.47. The van der Waals surface area contributed by atoms with Gasteiger partial charge in [-0.15, -0.1) is 0 Å². The van der Waals surface area contributed by atoms with Crippen molar-refractivity contribution in [2.45, 2.75) is 19.8 Å².